The number of nitrogens with two attached hydrogens (primary N) is 1. The predicted octanol–water partition coefficient (Wildman–Crippen LogP) is 2.63. The number of rotatable bonds is 6. The SMILES string of the molecule is Nc1nc(N(C(=O)COCC(=O)O)c2ccc(Cl)cc2)c2ccccc2n1. The lowest BCUT2D eigenvalue weighted by molar-refractivity contribution is -0.143. The second kappa shape index (κ2) is 7.98. The number of fused-ring (bicyclic) bond motifs is 1. The monoisotopic (exact) mass is 386 g/mol. The van der Waals surface area contributed by atoms with E-state index in [0.717, 1.165) is 0 Å². The number of hydrogen-bond acceptors (Lipinski definition) is 6. The van der Waals surface area contributed by atoms with Crippen LogP contribution in [0.4, 0.5) is 17.5 Å². The zero-order valence-electron chi connectivity index (χ0n) is 14.0. The number of carboxylic acids is 1. The number of halogens is 1. The van der Waals surface area contributed by atoms with Crippen LogP contribution in [-0.4, -0.2) is 40.2 Å². The van der Waals surface area contributed by atoms with Crippen LogP contribution in [-0.2, 0) is 14.3 Å². The molecule has 0 unspecified atom stereocenters. The van der Waals surface area contributed by atoms with E-state index in [4.69, 9.17) is 27.2 Å². The van der Waals surface area contributed by atoms with Gasteiger partial charge in [-0.25, -0.2) is 9.78 Å². The molecule has 0 bridgehead atoms. The number of ether oxygens (including phenoxy) is 1. The molecule has 8 nitrogen and oxygen atoms in total. The van der Waals surface area contributed by atoms with Gasteiger partial charge in [0.2, 0.25) is 5.95 Å². The minimum atomic E-state index is -1.17. The molecule has 0 saturated carbocycles. The quantitative estimate of drug-likeness (QED) is 0.668. The van der Waals surface area contributed by atoms with Gasteiger partial charge in [-0.3, -0.25) is 9.69 Å². The van der Waals surface area contributed by atoms with Crippen molar-refractivity contribution in [1.29, 1.82) is 0 Å². The standard InChI is InChI=1S/C18H15ClN4O4/c19-11-5-7-12(8-6-11)23(15(24)9-27-10-16(25)26)17-13-3-1-2-4-14(13)21-18(20)22-17/h1-8H,9-10H2,(H,25,26)(H2,20,21,22). The summed E-state index contributed by atoms with van der Waals surface area (Å²) in [5.74, 6) is -1.41. The van der Waals surface area contributed by atoms with Crippen molar-refractivity contribution in [3.8, 4) is 0 Å². The molecule has 1 heterocycles. The Labute approximate surface area is 159 Å². The highest BCUT2D eigenvalue weighted by molar-refractivity contribution is 6.30. The Morgan fingerprint density at radius 2 is 1.78 bits per heavy atom. The topological polar surface area (TPSA) is 119 Å². The first-order valence-electron chi connectivity index (χ1n) is 7.86. The number of carbonyl (C=O) groups excluding carboxylic acids is 1. The van der Waals surface area contributed by atoms with Gasteiger partial charge in [0.25, 0.3) is 5.91 Å². The fraction of sp³-hybridized carbons (Fsp3) is 0.111. The van der Waals surface area contributed by atoms with Crippen molar-refractivity contribution in [2.24, 2.45) is 0 Å². The summed E-state index contributed by atoms with van der Waals surface area (Å²) in [7, 11) is 0. The fourth-order valence-corrected chi connectivity index (χ4v) is 2.64. The summed E-state index contributed by atoms with van der Waals surface area (Å²) in [6.07, 6.45) is 0. The van der Waals surface area contributed by atoms with Gasteiger partial charge >= 0.3 is 5.97 Å². The molecule has 1 amide bonds. The summed E-state index contributed by atoms with van der Waals surface area (Å²) < 4.78 is 4.96. The van der Waals surface area contributed by atoms with Gasteiger partial charge in [-0.05, 0) is 36.4 Å². The van der Waals surface area contributed by atoms with Crippen LogP contribution in [0.3, 0.4) is 0 Å². The van der Waals surface area contributed by atoms with E-state index in [9.17, 15) is 9.59 Å². The molecule has 0 aliphatic rings. The number of aliphatic carboxylic acids is 1. The number of amides is 1. The van der Waals surface area contributed by atoms with Crippen molar-refractivity contribution in [2.45, 2.75) is 0 Å². The summed E-state index contributed by atoms with van der Waals surface area (Å²) in [6, 6.07) is 13.6. The van der Waals surface area contributed by atoms with Crippen LogP contribution < -0.4 is 10.6 Å². The molecule has 0 aliphatic carbocycles. The molecule has 0 aliphatic heterocycles. The number of benzene rings is 2. The second-order valence-electron chi connectivity index (χ2n) is 5.51. The molecule has 0 fully saturated rings. The molecule has 3 N–H and O–H groups in total. The smallest absolute Gasteiger partial charge is 0.329 e. The summed E-state index contributed by atoms with van der Waals surface area (Å²) in [4.78, 5) is 33.2. The Morgan fingerprint density at radius 1 is 1.07 bits per heavy atom. The molecular formula is C18H15ClN4O4. The van der Waals surface area contributed by atoms with Crippen LogP contribution in [0.5, 0.6) is 0 Å². The van der Waals surface area contributed by atoms with Gasteiger partial charge in [0.15, 0.2) is 5.82 Å². The third-order valence-electron chi connectivity index (χ3n) is 3.60. The number of carbonyl (C=O) groups is 2. The second-order valence-corrected chi connectivity index (χ2v) is 5.95. The molecule has 27 heavy (non-hydrogen) atoms. The van der Waals surface area contributed by atoms with E-state index in [1.807, 2.05) is 0 Å². The maximum Gasteiger partial charge on any atom is 0.329 e. The molecule has 0 saturated heterocycles. The normalized spacial score (nSPS) is 10.7. The average Bonchev–Trinajstić information content (AvgIpc) is 2.63. The van der Waals surface area contributed by atoms with Gasteiger partial charge in [-0.15, -0.1) is 0 Å². The molecule has 0 spiro atoms. The number of anilines is 3. The first-order valence-corrected chi connectivity index (χ1v) is 8.24. The number of nitrogen functional groups attached to an aromatic ring is 1. The van der Waals surface area contributed by atoms with Crippen molar-refractivity contribution < 1.29 is 19.4 Å². The lowest BCUT2D eigenvalue weighted by Gasteiger charge is -2.23. The van der Waals surface area contributed by atoms with Gasteiger partial charge in [0, 0.05) is 10.4 Å². The van der Waals surface area contributed by atoms with Crippen molar-refractivity contribution >= 4 is 51.8 Å². The Bertz CT molecular complexity index is 994. The summed E-state index contributed by atoms with van der Waals surface area (Å²) in [5, 5.41) is 9.81. The summed E-state index contributed by atoms with van der Waals surface area (Å²) >= 11 is 5.94. The van der Waals surface area contributed by atoms with Crippen molar-refractivity contribution in [3.63, 3.8) is 0 Å². The molecule has 0 atom stereocenters. The Morgan fingerprint density at radius 3 is 2.48 bits per heavy atom. The molecule has 0 radical (unpaired) electrons. The minimum absolute atomic E-state index is 0.00178. The van der Waals surface area contributed by atoms with Crippen molar-refractivity contribution in [1.82, 2.24) is 9.97 Å². The van der Waals surface area contributed by atoms with E-state index in [1.165, 1.54) is 4.90 Å². The molecule has 3 rings (SSSR count). The number of hydrogen-bond donors (Lipinski definition) is 2. The lowest BCUT2D eigenvalue weighted by atomic mass is 10.2. The zero-order chi connectivity index (χ0) is 19.4. The first-order chi connectivity index (χ1) is 13.0. The highest BCUT2D eigenvalue weighted by atomic mass is 35.5. The number of carboxylic acid groups (broad SMARTS) is 1. The molecule has 2 aromatic carbocycles. The predicted molar refractivity (Wildman–Crippen MR) is 101 cm³/mol. The third-order valence-corrected chi connectivity index (χ3v) is 3.85. The molecule has 138 valence electrons. The third kappa shape index (κ3) is 4.30. The molecule has 9 heteroatoms. The number of nitrogens with zero attached hydrogens (tertiary/aromatic N) is 3. The van der Waals surface area contributed by atoms with Crippen LogP contribution in [0.1, 0.15) is 0 Å². The van der Waals surface area contributed by atoms with E-state index in [1.54, 1.807) is 48.5 Å². The number of para-hydroxylation sites is 1. The Kier molecular flexibility index (Phi) is 5.49. The molecule has 1 aromatic heterocycles. The van der Waals surface area contributed by atoms with Crippen LogP contribution in [0, 0.1) is 0 Å². The largest absolute Gasteiger partial charge is 0.480 e. The van der Waals surface area contributed by atoms with Gasteiger partial charge in [-0.1, -0.05) is 23.7 Å². The zero-order valence-corrected chi connectivity index (χ0v) is 14.8. The van der Waals surface area contributed by atoms with Crippen LogP contribution >= 0.6 is 11.6 Å². The summed E-state index contributed by atoms with van der Waals surface area (Å²) in [5.41, 5.74) is 6.86. The van der Waals surface area contributed by atoms with E-state index in [-0.39, 0.29) is 11.8 Å². The van der Waals surface area contributed by atoms with E-state index in [0.29, 0.717) is 21.6 Å². The Balaban J connectivity index is 2.08. The number of aromatic nitrogens is 2. The first kappa shape index (κ1) is 18.6. The molecular weight excluding hydrogens is 372 g/mol. The Hall–Kier alpha value is -3.23. The van der Waals surface area contributed by atoms with Gasteiger partial charge in [-0.2, -0.15) is 4.98 Å². The van der Waals surface area contributed by atoms with Crippen LogP contribution in [0.25, 0.3) is 10.9 Å². The van der Waals surface area contributed by atoms with Gasteiger partial charge in [0.05, 0.1) is 11.2 Å². The highest BCUT2D eigenvalue weighted by Crippen LogP contribution is 2.31. The fourth-order valence-electron chi connectivity index (χ4n) is 2.51. The van der Waals surface area contributed by atoms with Gasteiger partial charge in [0.1, 0.15) is 13.2 Å². The maximum absolute atomic E-state index is 12.8. The minimum Gasteiger partial charge on any atom is -0.480 e. The van der Waals surface area contributed by atoms with Crippen LogP contribution in [0.2, 0.25) is 5.02 Å². The van der Waals surface area contributed by atoms with Crippen molar-refractivity contribution in [2.75, 3.05) is 23.8 Å². The van der Waals surface area contributed by atoms with E-state index >= 15 is 0 Å². The van der Waals surface area contributed by atoms with Gasteiger partial charge < -0.3 is 15.6 Å². The lowest BCUT2D eigenvalue weighted by Crippen LogP contribution is -2.31. The van der Waals surface area contributed by atoms with E-state index in [2.05, 4.69) is 9.97 Å². The van der Waals surface area contributed by atoms with Crippen molar-refractivity contribution in [3.05, 3.63) is 53.6 Å². The summed E-state index contributed by atoms with van der Waals surface area (Å²) in [6.45, 7) is -1.04. The van der Waals surface area contributed by atoms with Crippen LogP contribution in [0.15, 0.2) is 48.5 Å². The molecule has 3 aromatic rings. The highest BCUT2D eigenvalue weighted by Gasteiger charge is 2.23. The average molecular weight is 387 g/mol. The maximum atomic E-state index is 12.8. The van der Waals surface area contributed by atoms with E-state index < -0.39 is 25.1 Å².